The number of para-hydroxylation sites is 1. The van der Waals surface area contributed by atoms with Crippen LogP contribution in [-0.4, -0.2) is 16.1 Å². The molecule has 0 fully saturated rings. The predicted octanol–water partition coefficient (Wildman–Crippen LogP) is 12.5. The Labute approximate surface area is 287 Å². The molecular weight excluding hydrogens is 603 g/mol. The minimum atomic E-state index is 0.659. The molecule has 1 aromatic heterocycles. The molecule has 1 aliphatic rings. The summed E-state index contributed by atoms with van der Waals surface area (Å²) in [7, 11) is 0. The average molecular weight is 644 g/mol. The molecule has 238 valence electrons. The molecule has 8 rings (SSSR count). The summed E-state index contributed by atoms with van der Waals surface area (Å²) in [4.78, 5) is 10.7. The first kappa shape index (κ1) is 30.5. The summed E-state index contributed by atoms with van der Waals surface area (Å²) in [6.45, 7) is 10.4. The number of imidazole rings is 1. The van der Waals surface area contributed by atoms with E-state index in [0.717, 1.165) is 35.6 Å². The molecule has 0 spiro atoms. The molecule has 0 saturated heterocycles. The summed E-state index contributed by atoms with van der Waals surface area (Å²) in [5, 5.41) is 4.93. The van der Waals surface area contributed by atoms with Gasteiger partial charge in [0.25, 0.3) is 0 Å². The molecule has 0 aliphatic carbocycles. The molecule has 0 saturated carbocycles. The van der Waals surface area contributed by atoms with Gasteiger partial charge in [-0.3, -0.25) is 0 Å². The Morgan fingerprint density at radius 3 is 2.19 bits per heavy atom. The maximum absolute atomic E-state index is 5.52. The highest BCUT2D eigenvalue weighted by Crippen LogP contribution is 2.50. The molecule has 4 heteroatoms. The van der Waals surface area contributed by atoms with Crippen LogP contribution < -0.4 is 4.90 Å². The SMILES string of the molecule is C=Cc1ccc(Cn2c(-c3ccc4c(c3)Sc3ccccc3N4CC(CC)CCCC)nc3c4ccccc4c4ccccc4c32)cc1. The smallest absolute Gasteiger partial charge is 0.141 e. The van der Waals surface area contributed by atoms with Gasteiger partial charge in [-0.1, -0.05) is 142 Å². The minimum absolute atomic E-state index is 0.659. The molecular formula is C44H41N3S. The third-order valence-corrected chi connectivity index (χ3v) is 11.2. The molecule has 3 nitrogen and oxygen atoms in total. The number of benzene rings is 6. The Balaban J connectivity index is 1.32. The second-order valence-electron chi connectivity index (χ2n) is 13.0. The van der Waals surface area contributed by atoms with Crippen LogP contribution in [0.2, 0.25) is 0 Å². The maximum Gasteiger partial charge on any atom is 0.141 e. The van der Waals surface area contributed by atoms with Crippen molar-refractivity contribution in [1.82, 2.24) is 9.55 Å². The Bertz CT molecular complexity index is 2280. The van der Waals surface area contributed by atoms with Crippen molar-refractivity contribution < 1.29 is 0 Å². The summed E-state index contributed by atoms with van der Waals surface area (Å²) >= 11 is 1.89. The fraction of sp³-hybridized carbons (Fsp3) is 0.205. The van der Waals surface area contributed by atoms with E-state index in [1.807, 2.05) is 17.8 Å². The number of rotatable bonds is 10. The lowest BCUT2D eigenvalue weighted by molar-refractivity contribution is 0.457. The fourth-order valence-electron chi connectivity index (χ4n) is 7.42. The second-order valence-corrected chi connectivity index (χ2v) is 14.1. The first-order chi connectivity index (χ1) is 23.7. The fourth-order valence-corrected chi connectivity index (χ4v) is 8.56. The Hall–Kier alpha value is -4.80. The summed E-state index contributed by atoms with van der Waals surface area (Å²) in [6, 6.07) is 42.2. The van der Waals surface area contributed by atoms with Crippen molar-refractivity contribution in [2.45, 2.75) is 55.9 Å². The number of nitrogens with zero attached hydrogens (tertiary/aromatic N) is 3. The van der Waals surface area contributed by atoms with Gasteiger partial charge in [-0.05, 0) is 64.6 Å². The van der Waals surface area contributed by atoms with Crippen molar-refractivity contribution in [2.75, 3.05) is 11.4 Å². The molecule has 0 radical (unpaired) electrons. The van der Waals surface area contributed by atoms with Crippen molar-refractivity contribution in [3.63, 3.8) is 0 Å². The van der Waals surface area contributed by atoms with E-state index in [9.17, 15) is 0 Å². The number of aromatic nitrogens is 2. The van der Waals surface area contributed by atoms with Gasteiger partial charge in [0.2, 0.25) is 0 Å². The third kappa shape index (κ3) is 5.38. The van der Waals surface area contributed by atoms with Crippen LogP contribution in [-0.2, 0) is 6.54 Å². The van der Waals surface area contributed by atoms with Crippen molar-refractivity contribution >= 4 is 61.8 Å². The maximum atomic E-state index is 5.52. The Morgan fingerprint density at radius 1 is 0.750 bits per heavy atom. The van der Waals surface area contributed by atoms with Gasteiger partial charge in [0, 0.05) is 39.2 Å². The van der Waals surface area contributed by atoms with E-state index in [4.69, 9.17) is 4.98 Å². The normalized spacial score (nSPS) is 13.2. The minimum Gasteiger partial charge on any atom is -0.339 e. The van der Waals surface area contributed by atoms with Crippen LogP contribution in [0.15, 0.2) is 132 Å². The molecule has 1 aliphatic heterocycles. The highest BCUT2D eigenvalue weighted by atomic mass is 32.2. The lowest BCUT2D eigenvalue weighted by Gasteiger charge is -2.35. The van der Waals surface area contributed by atoms with Gasteiger partial charge < -0.3 is 9.47 Å². The van der Waals surface area contributed by atoms with Gasteiger partial charge in [0.05, 0.1) is 22.4 Å². The van der Waals surface area contributed by atoms with E-state index in [-0.39, 0.29) is 0 Å². The molecule has 0 N–H and O–H groups in total. The summed E-state index contributed by atoms with van der Waals surface area (Å²) in [6.07, 6.45) is 6.89. The topological polar surface area (TPSA) is 21.1 Å². The zero-order chi connectivity index (χ0) is 32.6. The monoisotopic (exact) mass is 643 g/mol. The molecule has 1 unspecified atom stereocenters. The van der Waals surface area contributed by atoms with Crippen LogP contribution in [0.5, 0.6) is 0 Å². The van der Waals surface area contributed by atoms with Gasteiger partial charge in [-0.2, -0.15) is 0 Å². The average Bonchev–Trinajstić information content (AvgIpc) is 3.52. The molecule has 7 aromatic rings. The van der Waals surface area contributed by atoms with Gasteiger partial charge in [-0.25, -0.2) is 4.98 Å². The molecule has 48 heavy (non-hydrogen) atoms. The zero-order valence-electron chi connectivity index (χ0n) is 27.8. The largest absolute Gasteiger partial charge is 0.339 e. The van der Waals surface area contributed by atoms with E-state index in [2.05, 4.69) is 145 Å². The highest BCUT2D eigenvalue weighted by molar-refractivity contribution is 7.99. The van der Waals surface area contributed by atoms with Crippen LogP contribution in [0.4, 0.5) is 11.4 Å². The second kappa shape index (κ2) is 13.0. The highest BCUT2D eigenvalue weighted by Gasteiger charge is 2.27. The number of anilines is 2. The lowest BCUT2D eigenvalue weighted by atomic mass is 9.98. The van der Waals surface area contributed by atoms with Gasteiger partial charge in [-0.15, -0.1) is 0 Å². The first-order valence-electron chi connectivity index (χ1n) is 17.4. The predicted molar refractivity (Wildman–Crippen MR) is 207 cm³/mol. The van der Waals surface area contributed by atoms with Crippen LogP contribution in [0.1, 0.15) is 50.7 Å². The molecule has 1 atom stereocenters. The number of fused-ring (bicyclic) bond motifs is 8. The number of unbranched alkanes of at least 4 members (excludes halogenated alkanes) is 1. The molecule has 6 aromatic carbocycles. The molecule has 0 amide bonds. The Morgan fingerprint density at radius 2 is 1.44 bits per heavy atom. The van der Waals surface area contributed by atoms with Crippen molar-refractivity contribution in [1.29, 1.82) is 0 Å². The molecule has 2 heterocycles. The third-order valence-electron chi connectivity index (χ3n) is 10.0. The number of hydrogen-bond donors (Lipinski definition) is 0. The van der Waals surface area contributed by atoms with Gasteiger partial charge in [0.15, 0.2) is 0 Å². The van der Waals surface area contributed by atoms with E-state index >= 15 is 0 Å². The summed E-state index contributed by atoms with van der Waals surface area (Å²) in [5.41, 5.74) is 8.38. The van der Waals surface area contributed by atoms with Crippen LogP contribution in [0, 0.1) is 5.92 Å². The zero-order valence-corrected chi connectivity index (χ0v) is 28.6. The molecule has 0 bridgehead atoms. The van der Waals surface area contributed by atoms with Crippen molar-refractivity contribution in [2.24, 2.45) is 5.92 Å². The van der Waals surface area contributed by atoms with Crippen LogP contribution >= 0.6 is 11.8 Å². The van der Waals surface area contributed by atoms with E-state index < -0.39 is 0 Å². The van der Waals surface area contributed by atoms with E-state index in [1.165, 1.54) is 79.5 Å². The van der Waals surface area contributed by atoms with E-state index in [0.29, 0.717) is 5.92 Å². The van der Waals surface area contributed by atoms with Gasteiger partial charge in [0.1, 0.15) is 5.82 Å². The van der Waals surface area contributed by atoms with Crippen LogP contribution in [0.3, 0.4) is 0 Å². The van der Waals surface area contributed by atoms with Crippen molar-refractivity contribution in [3.05, 3.63) is 133 Å². The van der Waals surface area contributed by atoms with Gasteiger partial charge >= 0.3 is 0 Å². The van der Waals surface area contributed by atoms with Crippen LogP contribution in [0.25, 0.3) is 50.0 Å². The quantitative estimate of drug-likeness (QED) is 0.138. The standard InChI is InChI=1S/C44H41N3S/c1-4-7-14-31(6-3)28-46-38-19-12-13-20-40(38)48-41-27-33(25-26-39(41)46)44-45-42-36-17-10-8-15-34(36)35-16-9-11-18-37(35)43(42)47(44)29-32-23-21-30(5-2)22-24-32/h5,8-13,15-27,31H,2,4,6-7,14,28-29H2,1,3H3. The Kier molecular flexibility index (Phi) is 8.27. The van der Waals surface area contributed by atoms with E-state index in [1.54, 1.807) is 0 Å². The van der Waals surface area contributed by atoms with Crippen molar-refractivity contribution in [3.8, 4) is 11.4 Å². The number of hydrogen-bond acceptors (Lipinski definition) is 3. The lowest BCUT2D eigenvalue weighted by Crippen LogP contribution is -2.27. The summed E-state index contributed by atoms with van der Waals surface area (Å²) < 4.78 is 2.45. The first-order valence-corrected chi connectivity index (χ1v) is 18.2. The summed E-state index contributed by atoms with van der Waals surface area (Å²) in [5.74, 6) is 1.66.